The topological polar surface area (TPSA) is 84.5 Å². The van der Waals surface area contributed by atoms with Crippen molar-refractivity contribution in [1.82, 2.24) is 10.0 Å². The molecule has 0 aliphatic carbocycles. The van der Waals surface area contributed by atoms with E-state index in [0.717, 1.165) is 5.56 Å². The molecule has 0 spiro atoms. The van der Waals surface area contributed by atoms with Gasteiger partial charge in [0.05, 0.1) is 16.0 Å². The maximum Gasteiger partial charge on any atom is 0.258 e. The molecule has 28 heavy (non-hydrogen) atoms. The van der Waals surface area contributed by atoms with E-state index in [0.29, 0.717) is 18.0 Å². The Hall–Kier alpha value is -1.80. The molecular formula is C19H22Cl2N2O4S. The molecule has 6 nitrogen and oxygen atoms in total. The summed E-state index contributed by atoms with van der Waals surface area (Å²) in [5.74, 6) is -0.106. The van der Waals surface area contributed by atoms with E-state index in [1.807, 2.05) is 26.0 Å². The highest BCUT2D eigenvalue weighted by Crippen LogP contribution is 2.27. The average molecular weight is 445 g/mol. The van der Waals surface area contributed by atoms with Crippen LogP contribution in [0.15, 0.2) is 47.4 Å². The maximum absolute atomic E-state index is 12.1. The van der Waals surface area contributed by atoms with E-state index in [2.05, 4.69) is 10.0 Å². The molecule has 0 saturated carbocycles. The number of carbonyl (C=O) groups is 1. The van der Waals surface area contributed by atoms with Crippen molar-refractivity contribution in [2.45, 2.75) is 31.2 Å². The first-order valence-electron chi connectivity index (χ1n) is 8.69. The summed E-state index contributed by atoms with van der Waals surface area (Å²) in [7, 11) is -3.62. The van der Waals surface area contributed by atoms with E-state index < -0.39 is 10.0 Å². The summed E-state index contributed by atoms with van der Waals surface area (Å²) in [5, 5.41) is 3.54. The van der Waals surface area contributed by atoms with Crippen LogP contribution in [0.5, 0.6) is 5.75 Å². The van der Waals surface area contributed by atoms with Crippen molar-refractivity contribution in [3.63, 3.8) is 0 Å². The van der Waals surface area contributed by atoms with Gasteiger partial charge < -0.3 is 10.1 Å². The van der Waals surface area contributed by atoms with Gasteiger partial charge in [-0.15, -0.1) is 0 Å². The Kier molecular flexibility index (Phi) is 8.12. The molecule has 0 radical (unpaired) electrons. The molecule has 2 N–H and O–H groups in total. The lowest BCUT2D eigenvalue weighted by molar-refractivity contribution is -0.123. The van der Waals surface area contributed by atoms with Gasteiger partial charge in [-0.1, -0.05) is 42.3 Å². The second-order valence-corrected chi connectivity index (χ2v) is 8.73. The first-order chi connectivity index (χ1) is 13.2. The van der Waals surface area contributed by atoms with Gasteiger partial charge in [-0.3, -0.25) is 4.79 Å². The van der Waals surface area contributed by atoms with Gasteiger partial charge in [0.2, 0.25) is 10.0 Å². The van der Waals surface area contributed by atoms with Crippen LogP contribution in [0, 0.1) is 0 Å². The predicted molar refractivity (Wildman–Crippen MR) is 110 cm³/mol. The van der Waals surface area contributed by atoms with Gasteiger partial charge in [0.1, 0.15) is 5.75 Å². The summed E-state index contributed by atoms with van der Waals surface area (Å²) in [5.41, 5.74) is 0.907. The molecule has 0 aromatic heterocycles. The molecule has 2 aromatic carbocycles. The first-order valence-corrected chi connectivity index (χ1v) is 10.9. The zero-order chi connectivity index (χ0) is 20.7. The summed E-state index contributed by atoms with van der Waals surface area (Å²) in [4.78, 5) is 12.2. The third-order valence-corrected chi connectivity index (χ3v) is 5.87. The fourth-order valence-electron chi connectivity index (χ4n) is 2.35. The van der Waals surface area contributed by atoms with Crippen LogP contribution in [0.4, 0.5) is 0 Å². The summed E-state index contributed by atoms with van der Waals surface area (Å²) < 4.78 is 32.1. The van der Waals surface area contributed by atoms with Gasteiger partial charge >= 0.3 is 0 Å². The Morgan fingerprint density at radius 1 is 1.14 bits per heavy atom. The van der Waals surface area contributed by atoms with Crippen LogP contribution in [0.1, 0.15) is 31.9 Å². The second-order valence-electron chi connectivity index (χ2n) is 6.12. The van der Waals surface area contributed by atoms with Gasteiger partial charge in [-0.2, -0.15) is 0 Å². The number of carbonyl (C=O) groups excluding carboxylic acids is 1. The van der Waals surface area contributed by atoms with E-state index >= 15 is 0 Å². The fraction of sp³-hybridized carbons (Fsp3) is 0.316. The van der Waals surface area contributed by atoms with E-state index in [9.17, 15) is 13.2 Å². The predicted octanol–water partition coefficient (Wildman–Crippen LogP) is 3.94. The molecule has 2 rings (SSSR count). The largest absolute Gasteiger partial charge is 0.482 e. The first kappa shape index (κ1) is 22.5. The quantitative estimate of drug-likeness (QED) is 0.613. The van der Waals surface area contributed by atoms with Crippen LogP contribution in [0.2, 0.25) is 10.0 Å². The lowest BCUT2D eigenvalue weighted by Crippen LogP contribution is -2.31. The lowest BCUT2D eigenvalue weighted by Gasteiger charge is -2.15. The molecule has 0 fully saturated rings. The lowest BCUT2D eigenvalue weighted by atomic mass is 10.1. The zero-order valence-corrected chi connectivity index (χ0v) is 17.9. The van der Waals surface area contributed by atoms with Gasteiger partial charge in [-0.05, 0) is 49.2 Å². The number of benzene rings is 2. The molecule has 0 saturated heterocycles. The Bertz CT molecular complexity index is 918. The molecule has 1 atom stereocenters. The number of amides is 1. The summed E-state index contributed by atoms with van der Waals surface area (Å²) in [6.07, 6.45) is 0.678. The number of nitrogens with one attached hydrogen (secondary N) is 2. The highest BCUT2D eigenvalue weighted by Gasteiger charge is 2.16. The molecule has 0 aliphatic rings. The maximum atomic E-state index is 12.1. The fourth-order valence-corrected chi connectivity index (χ4v) is 3.93. The minimum atomic E-state index is -3.62. The third kappa shape index (κ3) is 6.38. The van der Waals surface area contributed by atoms with Crippen LogP contribution in [-0.4, -0.2) is 27.5 Å². The highest BCUT2D eigenvalue weighted by atomic mass is 35.5. The zero-order valence-electron chi connectivity index (χ0n) is 15.5. The molecule has 1 amide bonds. The van der Waals surface area contributed by atoms with Crippen molar-refractivity contribution < 1.29 is 17.9 Å². The third-order valence-electron chi connectivity index (χ3n) is 3.86. The second kappa shape index (κ2) is 10.1. The van der Waals surface area contributed by atoms with Gasteiger partial charge in [0.15, 0.2) is 6.61 Å². The molecule has 152 valence electrons. The summed E-state index contributed by atoms with van der Waals surface area (Å²) in [6.45, 7) is 3.80. The summed E-state index contributed by atoms with van der Waals surface area (Å²) >= 11 is 12.0. The van der Waals surface area contributed by atoms with E-state index in [1.165, 1.54) is 18.2 Å². The van der Waals surface area contributed by atoms with Gasteiger partial charge in [-0.25, -0.2) is 13.1 Å². The van der Waals surface area contributed by atoms with Crippen molar-refractivity contribution in [3.05, 3.63) is 58.1 Å². The van der Waals surface area contributed by atoms with Crippen molar-refractivity contribution in [2.75, 3.05) is 13.2 Å². The number of hydrogen-bond donors (Lipinski definition) is 2. The number of rotatable bonds is 9. The van der Waals surface area contributed by atoms with Crippen LogP contribution in [-0.2, 0) is 14.8 Å². The van der Waals surface area contributed by atoms with Gasteiger partial charge in [0.25, 0.3) is 5.91 Å². The highest BCUT2D eigenvalue weighted by molar-refractivity contribution is 7.89. The van der Waals surface area contributed by atoms with Crippen LogP contribution in [0.25, 0.3) is 0 Å². The van der Waals surface area contributed by atoms with Crippen LogP contribution < -0.4 is 14.8 Å². The molecule has 0 bridgehead atoms. The SMILES string of the molecule is CCCNS(=O)(=O)c1ccc(OCC(=O)NC(C)c2ccc(Cl)cc2)c(Cl)c1. The molecule has 0 aliphatic heterocycles. The van der Waals surface area contributed by atoms with E-state index in [-0.39, 0.29) is 34.2 Å². The van der Waals surface area contributed by atoms with Crippen molar-refractivity contribution in [3.8, 4) is 5.75 Å². The monoisotopic (exact) mass is 444 g/mol. The molecule has 2 aromatic rings. The minimum absolute atomic E-state index is 0.0408. The Morgan fingerprint density at radius 2 is 1.82 bits per heavy atom. The Balaban J connectivity index is 1.94. The average Bonchev–Trinajstić information content (AvgIpc) is 2.65. The number of ether oxygens (including phenoxy) is 1. The number of hydrogen-bond acceptors (Lipinski definition) is 4. The van der Waals surface area contributed by atoms with Crippen molar-refractivity contribution in [1.29, 1.82) is 0 Å². The Labute approximate surface area is 175 Å². The molecule has 9 heteroatoms. The molecule has 0 heterocycles. The summed E-state index contributed by atoms with van der Waals surface area (Å²) in [6, 6.07) is 11.0. The smallest absolute Gasteiger partial charge is 0.258 e. The molecule has 1 unspecified atom stereocenters. The number of sulfonamides is 1. The van der Waals surface area contributed by atoms with Crippen LogP contribution >= 0.6 is 23.2 Å². The standard InChI is InChI=1S/C19H22Cl2N2O4S/c1-3-10-22-28(25,26)16-8-9-18(17(21)11-16)27-12-19(24)23-13(2)14-4-6-15(20)7-5-14/h4-9,11,13,22H,3,10,12H2,1-2H3,(H,23,24). The van der Waals surface area contributed by atoms with E-state index in [4.69, 9.17) is 27.9 Å². The van der Waals surface area contributed by atoms with Crippen LogP contribution in [0.3, 0.4) is 0 Å². The van der Waals surface area contributed by atoms with Gasteiger partial charge in [0, 0.05) is 11.6 Å². The van der Waals surface area contributed by atoms with Crippen molar-refractivity contribution >= 4 is 39.1 Å². The normalized spacial score (nSPS) is 12.4. The van der Waals surface area contributed by atoms with E-state index in [1.54, 1.807) is 12.1 Å². The molecular weight excluding hydrogens is 423 g/mol. The number of halogens is 2. The minimum Gasteiger partial charge on any atom is -0.482 e. The van der Waals surface area contributed by atoms with Crippen molar-refractivity contribution in [2.24, 2.45) is 0 Å². The Morgan fingerprint density at radius 3 is 2.43 bits per heavy atom.